The van der Waals surface area contributed by atoms with Gasteiger partial charge in [-0.05, 0) is 18.0 Å². The number of hydrogen-bond donors (Lipinski definition) is 0. The maximum absolute atomic E-state index is 5.94. The van der Waals surface area contributed by atoms with E-state index < -0.39 is 0 Å². The van der Waals surface area contributed by atoms with Crippen molar-refractivity contribution in [1.29, 1.82) is 0 Å². The number of nitrogens with zero attached hydrogens (tertiary/aromatic N) is 3. The average molecular weight is 256 g/mol. The summed E-state index contributed by atoms with van der Waals surface area (Å²) in [5.74, 6) is 0.914. The van der Waals surface area contributed by atoms with Gasteiger partial charge in [0.2, 0.25) is 5.28 Å². The summed E-state index contributed by atoms with van der Waals surface area (Å²) in [6, 6.07) is 0. The minimum Gasteiger partial charge on any atom is -0.380 e. The Morgan fingerprint density at radius 2 is 2.29 bits per heavy atom. The SMILES string of the molecule is COC1CCN(c2nc(Cl)nc3c2COC3)C1. The Hall–Kier alpha value is -0.910. The van der Waals surface area contributed by atoms with E-state index in [1.165, 1.54) is 0 Å². The second-order valence-corrected chi connectivity index (χ2v) is 4.66. The highest BCUT2D eigenvalue weighted by atomic mass is 35.5. The van der Waals surface area contributed by atoms with E-state index in [9.17, 15) is 0 Å². The van der Waals surface area contributed by atoms with Gasteiger partial charge in [0.15, 0.2) is 0 Å². The number of methoxy groups -OCH3 is 1. The van der Waals surface area contributed by atoms with E-state index in [0.717, 1.165) is 36.6 Å². The first kappa shape index (κ1) is 11.2. The van der Waals surface area contributed by atoms with Crippen molar-refractivity contribution in [2.45, 2.75) is 25.7 Å². The Bertz CT molecular complexity index is 441. The molecule has 0 N–H and O–H groups in total. The standard InChI is InChI=1S/C11H14ClN3O2/c1-16-7-2-3-15(4-7)10-8-5-17-6-9(8)13-11(12)14-10/h7H,2-6H2,1H3. The van der Waals surface area contributed by atoms with Crippen LogP contribution in [0.4, 0.5) is 5.82 Å². The Balaban J connectivity index is 1.93. The normalized spacial score (nSPS) is 23.2. The lowest BCUT2D eigenvalue weighted by Crippen LogP contribution is -2.24. The summed E-state index contributed by atoms with van der Waals surface area (Å²) in [7, 11) is 1.74. The minimum atomic E-state index is 0.279. The van der Waals surface area contributed by atoms with Crippen LogP contribution in [0.3, 0.4) is 0 Å². The van der Waals surface area contributed by atoms with Crippen molar-refractivity contribution in [2.75, 3.05) is 25.1 Å². The van der Waals surface area contributed by atoms with Gasteiger partial charge in [0, 0.05) is 25.8 Å². The van der Waals surface area contributed by atoms with E-state index in [-0.39, 0.29) is 6.10 Å². The lowest BCUT2D eigenvalue weighted by Gasteiger charge is -2.19. The van der Waals surface area contributed by atoms with Crippen LogP contribution in [0.1, 0.15) is 17.7 Å². The molecule has 0 radical (unpaired) electrons. The molecule has 3 heterocycles. The zero-order chi connectivity index (χ0) is 11.8. The molecule has 0 saturated carbocycles. The number of ether oxygens (including phenoxy) is 2. The minimum absolute atomic E-state index is 0.279. The van der Waals surface area contributed by atoms with Crippen LogP contribution in [0.5, 0.6) is 0 Å². The van der Waals surface area contributed by atoms with E-state index >= 15 is 0 Å². The summed E-state index contributed by atoms with van der Waals surface area (Å²) in [6.45, 7) is 2.91. The van der Waals surface area contributed by atoms with Crippen molar-refractivity contribution in [1.82, 2.24) is 9.97 Å². The highest BCUT2D eigenvalue weighted by Gasteiger charge is 2.28. The summed E-state index contributed by atoms with van der Waals surface area (Å²) in [6.07, 6.45) is 1.30. The van der Waals surface area contributed by atoms with Gasteiger partial charge in [-0.3, -0.25) is 0 Å². The zero-order valence-electron chi connectivity index (χ0n) is 9.65. The smallest absolute Gasteiger partial charge is 0.224 e. The molecule has 0 bridgehead atoms. The fraction of sp³-hybridized carbons (Fsp3) is 0.636. The lowest BCUT2D eigenvalue weighted by molar-refractivity contribution is 0.121. The second-order valence-electron chi connectivity index (χ2n) is 4.33. The van der Waals surface area contributed by atoms with E-state index in [2.05, 4.69) is 14.9 Å². The molecule has 1 fully saturated rings. The molecule has 0 amide bonds. The molecule has 6 heteroatoms. The van der Waals surface area contributed by atoms with E-state index in [1.54, 1.807) is 7.11 Å². The summed E-state index contributed by atoms with van der Waals surface area (Å²) >= 11 is 5.94. The second kappa shape index (κ2) is 4.40. The molecular weight excluding hydrogens is 242 g/mol. The number of fused-ring (bicyclic) bond motifs is 1. The molecule has 0 aliphatic carbocycles. The van der Waals surface area contributed by atoms with Crippen LogP contribution >= 0.6 is 11.6 Å². The monoisotopic (exact) mass is 255 g/mol. The number of hydrogen-bond acceptors (Lipinski definition) is 5. The first-order valence-corrected chi connectivity index (χ1v) is 6.06. The van der Waals surface area contributed by atoms with Crippen molar-refractivity contribution in [3.63, 3.8) is 0 Å². The van der Waals surface area contributed by atoms with Crippen molar-refractivity contribution < 1.29 is 9.47 Å². The molecule has 5 nitrogen and oxygen atoms in total. The third-order valence-corrected chi connectivity index (χ3v) is 3.48. The van der Waals surface area contributed by atoms with Gasteiger partial charge in [0.05, 0.1) is 25.0 Å². The quantitative estimate of drug-likeness (QED) is 0.748. The molecule has 2 aliphatic rings. The molecule has 3 rings (SSSR count). The topological polar surface area (TPSA) is 47.5 Å². The Labute approximate surface area is 105 Å². The molecule has 1 unspecified atom stereocenters. The van der Waals surface area contributed by atoms with Gasteiger partial charge in [0.1, 0.15) is 5.82 Å². The van der Waals surface area contributed by atoms with Crippen LogP contribution in [-0.4, -0.2) is 36.3 Å². The summed E-state index contributed by atoms with van der Waals surface area (Å²) in [4.78, 5) is 10.7. The van der Waals surface area contributed by atoms with Crippen LogP contribution in [0, 0.1) is 0 Å². The van der Waals surface area contributed by atoms with Crippen molar-refractivity contribution in [3.8, 4) is 0 Å². The molecule has 0 spiro atoms. The van der Waals surface area contributed by atoms with Gasteiger partial charge in [-0.15, -0.1) is 0 Å². The van der Waals surface area contributed by atoms with Crippen molar-refractivity contribution in [2.24, 2.45) is 0 Å². The van der Waals surface area contributed by atoms with Crippen LogP contribution in [0.15, 0.2) is 0 Å². The van der Waals surface area contributed by atoms with Crippen LogP contribution in [-0.2, 0) is 22.7 Å². The predicted molar refractivity (Wildman–Crippen MR) is 63.2 cm³/mol. The maximum Gasteiger partial charge on any atom is 0.224 e. The van der Waals surface area contributed by atoms with E-state index in [1.807, 2.05) is 0 Å². The number of halogens is 1. The fourth-order valence-electron chi connectivity index (χ4n) is 2.38. The maximum atomic E-state index is 5.94. The molecule has 0 aromatic carbocycles. The largest absolute Gasteiger partial charge is 0.380 e. The molecule has 1 atom stereocenters. The average Bonchev–Trinajstić information content (AvgIpc) is 2.95. The summed E-state index contributed by atoms with van der Waals surface area (Å²) in [5, 5.41) is 0.296. The Morgan fingerprint density at radius 3 is 3.06 bits per heavy atom. The molecule has 2 aliphatic heterocycles. The molecule has 17 heavy (non-hydrogen) atoms. The molecule has 1 aromatic rings. The van der Waals surface area contributed by atoms with Gasteiger partial charge in [0.25, 0.3) is 0 Å². The molecule has 92 valence electrons. The first-order chi connectivity index (χ1) is 8.28. The van der Waals surface area contributed by atoms with Gasteiger partial charge in [-0.1, -0.05) is 0 Å². The van der Waals surface area contributed by atoms with Crippen molar-refractivity contribution >= 4 is 17.4 Å². The Kier molecular flexibility index (Phi) is 2.90. The third-order valence-electron chi connectivity index (χ3n) is 3.31. The molecule has 1 saturated heterocycles. The number of aromatic nitrogens is 2. The predicted octanol–water partition coefficient (Wildman–Crippen LogP) is 1.39. The number of anilines is 1. The van der Waals surface area contributed by atoms with Gasteiger partial charge in [-0.2, -0.15) is 0 Å². The Morgan fingerprint density at radius 1 is 1.41 bits per heavy atom. The van der Waals surface area contributed by atoms with E-state index in [4.69, 9.17) is 21.1 Å². The highest BCUT2D eigenvalue weighted by Crippen LogP contribution is 2.30. The molecule has 1 aromatic heterocycles. The lowest BCUT2D eigenvalue weighted by atomic mass is 10.2. The first-order valence-electron chi connectivity index (χ1n) is 5.68. The van der Waals surface area contributed by atoms with Crippen LogP contribution < -0.4 is 4.90 Å². The summed E-state index contributed by atoms with van der Waals surface area (Å²) in [5.41, 5.74) is 1.99. The van der Waals surface area contributed by atoms with E-state index in [0.29, 0.717) is 18.5 Å². The van der Waals surface area contributed by atoms with Crippen LogP contribution in [0.25, 0.3) is 0 Å². The van der Waals surface area contributed by atoms with Gasteiger partial charge < -0.3 is 14.4 Å². The molecular formula is C11H14ClN3O2. The zero-order valence-corrected chi connectivity index (χ0v) is 10.4. The van der Waals surface area contributed by atoms with Crippen LogP contribution in [0.2, 0.25) is 5.28 Å². The van der Waals surface area contributed by atoms with Gasteiger partial charge >= 0.3 is 0 Å². The van der Waals surface area contributed by atoms with Gasteiger partial charge in [-0.25, -0.2) is 9.97 Å². The third kappa shape index (κ3) is 1.99. The summed E-state index contributed by atoms with van der Waals surface area (Å²) < 4.78 is 10.8. The highest BCUT2D eigenvalue weighted by molar-refractivity contribution is 6.28. The van der Waals surface area contributed by atoms with Crippen molar-refractivity contribution in [3.05, 3.63) is 16.5 Å². The number of rotatable bonds is 2. The fourth-order valence-corrected chi connectivity index (χ4v) is 2.56.